The van der Waals surface area contributed by atoms with Crippen LogP contribution in [-0.4, -0.2) is 10.8 Å². The van der Waals surface area contributed by atoms with Crippen molar-refractivity contribution in [2.24, 2.45) is 0 Å². The van der Waals surface area contributed by atoms with Crippen LogP contribution in [0.3, 0.4) is 0 Å². The van der Waals surface area contributed by atoms with Crippen molar-refractivity contribution >= 4 is 35.0 Å². The van der Waals surface area contributed by atoms with Gasteiger partial charge in [-0.25, -0.2) is 0 Å². The van der Waals surface area contributed by atoms with Crippen molar-refractivity contribution in [3.05, 3.63) is 86.6 Å². The maximum Gasteiger partial charge on any atom is 0.270 e. The van der Waals surface area contributed by atoms with Crippen LogP contribution in [0.2, 0.25) is 5.02 Å². The van der Waals surface area contributed by atoms with Gasteiger partial charge in [0.25, 0.3) is 11.6 Å². The SMILES string of the molecule is CCc1ccccc1NC(=O)/C(C#N)=C/c1ccc(-c2ccc([N+](=O)[O-])cc2Cl)o1. The van der Waals surface area contributed by atoms with Gasteiger partial charge in [-0.15, -0.1) is 0 Å². The molecule has 0 aliphatic heterocycles. The summed E-state index contributed by atoms with van der Waals surface area (Å²) in [7, 11) is 0. The summed E-state index contributed by atoms with van der Waals surface area (Å²) in [5.74, 6) is 0.0785. The number of nitriles is 1. The molecule has 150 valence electrons. The lowest BCUT2D eigenvalue weighted by Crippen LogP contribution is -2.14. The number of benzene rings is 2. The van der Waals surface area contributed by atoms with Gasteiger partial charge in [0.05, 0.1) is 9.95 Å². The molecular weight excluding hydrogens is 406 g/mol. The lowest BCUT2D eigenvalue weighted by molar-refractivity contribution is -0.384. The minimum atomic E-state index is -0.551. The fourth-order valence-electron chi connectivity index (χ4n) is 2.82. The summed E-state index contributed by atoms with van der Waals surface area (Å²) in [4.78, 5) is 22.8. The molecule has 1 amide bonds. The second-order valence-corrected chi connectivity index (χ2v) is 6.67. The maximum absolute atomic E-state index is 12.5. The van der Waals surface area contributed by atoms with E-state index in [0.29, 0.717) is 17.0 Å². The molecule has 1 heterocycles. The van der Waals surface area contributed by atoms with E-state index < -0.39 is 10.8 Å². The minimum absolute atomic E-state index is 0.128. The third-order valence-corrected chi connectivity index (χ3v) is 4.67. The molecule has 0 aliphatic rings. The van der Waals surface area contributed by atoms with E-state index in [-0.39, 0.29) is 22.0 Å². The molecule has 0 atom stereocenters. The smallest absolute Gasteiger partial charge is 0.270 e. The van der Waals surface area contributed by atoms with E-state index in [9.17, 15) is 20.2 Å². The molecule has 30 heavy (non-hydrogen) atoms. The average Bonchev–Trinajstić information content (AvgIpc) is 3.20. The van der Waals surface area contributed by atoms with Gasteiger partial charge in [-0.2, -0.15) is 5.26 Å². The highest BCUT2D eigenvalue weighted by Crippen LogP contribution is 2.32. The predicted octanol–water partition coefficient (Wildman–Crippen LogP) is 5.62. The molecule has 0 spiro atoms. The van der Waals surface area contributed by atoms with Crippen LogP contribution in [0, 0.1) is 21.4 Å². The average molecular weight is 422 g/mol. The Labute approximate surface area is 177 Å². The Morgan fingerprint density at radius 1 is 1.27 bits per heavy atom. The monoisotopic (exact) mass is 421 g/mol. The normalized spacial score (nSPS) is 11.0. The highest BCUT2D eigenvalue weighted by Gasteiger charge is 2.15. The molecule has 7 nitrogen and oxygen atoms in total. The Bertz CT molecular complexity index is 1190. The third kappa shape index (κ3) is 4.57. The van der Waals surface area contributed by atoms with Gasteiger partial charge in [0.2, 0.25) is 0 Å². The number of aryl methyl sites for hydroxylation is 1. The van der Waals surface area contributed by atoms with E-state index in [2.05, 4.69) is 5.32 Å². The summed E-state index contributed by atoms with van der Waals surface area (Å²) in [5, 5.41) is 23.1. The molecule has 0 bridgehead atoms. The van der Waals surface area contributed by atoms with Gasteiger partial charge < -0.3 is 9.73 Å². The molecule has 0 fully saturated rings. The predicted molar refractivity (Wildman–Crippen MR) is 114 cm³/mol. The van der Waals surface area contributed by atoms with E-state index in [1.165, 1.54) is 24.3 Å². The Kier molecular flexibility index (Phi) is 6.30. The topological polar surface area (TPSA) is 109 Å². The number of carbonyl (C=O) groups excluding carboxylic acids is 1. The number of halogens is 1. The van der Waals surface area contributed by atoms with Crippen molar-refractivity contribution in [1.82, 2.24) is 0 Å². The Balaban J connectivity index is 1.84. The highest BCUT2D eigenvalue weighted by molar-refractivity contribution is 6.33. The first-order valence-corrected chi connectivity index (χ1v) is 9.36. The molecule has 8 heteroatoms. The first kappa shape index (κ1) is 20.8. The number of carbonyl (C=O) groups is 1. The molecular formula is C22H16ClN3O4. The van der Waals surface area contributed by atoms with Crippen LogP contribution in [0.25, 0.3) is 17.4 Å². The summed E-state index contributed by atoms with van der Waals surface area (Å²) < 4.78 is 5.67. The number of nitrogens with one attached hydrogen (secondary N) is 1. The Morgan fingerprint density at radius 3 is 2.70 bits per heavy atom. The van der Waals surface area contributed by atoms with Gasteiger partial charge >= 0.3 is 0 Å². The van der Waals surface area contributed by atoms with E-state index in [1.54, 1.807) is 24.3 Å². The standard InChI is InChI=1S/C22H16ClN3O4/c1-2-14-5-3-4-6-20(14)25-22(27)15(13-24)11-17-8-10-21(30-17)18-9-7-16(26(28)29)12-19(18)23/h3-12H,2H2,1H3,(H,25,27)/b15-11+. The van der Waals surface area contributed by atoms with Gasteiger partial charge in [-0.3, -0.25) is 14.9 Å². The maximum atomic E-state index is 12.5. The lowest BCUT2D eigenvalue weighted by Gasteiger charge is -2.08. The number of para-hydroxylation sites is 1. The minimum Gasteiger partial charge on any atom is -0.457 e. The largest absolute Gasteiger partial charge is 0.457 e. The Hall–Kier alpha value is -3.89. The number of nitro benzene ring substituents is 1. The van der Waals surface area contributed by atoms with E-state index >= 15 is 0 Å². The number of nitrogens with zero attached hydrogens (tertiary/aromatic N) is 2. The zero-order valence-corrected chi connectivity index (χ0v) is 16.6. The van der Waals surface area contributed by atoms with Gasteiger partial charge in [-0.05, 0) is 36.2 Å². The highest BCUT2D eigenvalue weighted by atomic mass is 35.5. The van der Waals surface area contributed by atoms with Crippen LogP contribution in [0.5, 0.6) is 0 Å². The molecule has 0 radical (unpaired) electrons. The number of hydrogen-bond donors (Lipinski definition) is 1. The summed E-state index contributed by atoms with van der Waals surface area (Å²) in [6.45, 7) is 1.97. The van der Waals surface area contributed by atoms with E-state index in [0.717, 1.165) is 12.0 Å². The van der Waals surface area contributed by atoms with Crippen LogP contribution in [-0.2, 0) is 11.2 Å². The first-order valence-electron chi connectivity index (χ1n) is 8.98. The zero-order chi connectivity index (χ0) is 21.7. The fraction of sp³-hybridized carbons (Fsp3) is 0.0909. The van der Waals surface area contributed by atoms with Gasteiger partial charge in [0.15, 0.2) is 0 Å². The molecule has 0 saturated carbocycles. The molecule has 2 aromatic carbocycles. The van der Waals surface area contributed by atoms with Crippen LogP contribution in [0.1, 0.15) is 18.2 Å². The van der Waals surface area contributed by atoms with E-state index in [1.807, 2.05) is 25.1 Å². The van der Waals surface area contributed by atoms with Crippen LogP contribution < -0.4 is 5.32 Å². The number of furan rings is 1. The number of non-ortho nitro benzene ring substituents is 1. The van der Waals surface area contributed by atoms with Crippen molar-refractivity contribution in [3.8, 4) is 17.4 Å². The first-order chi connectivity index (χ1) is 14.4. The molecule has 0 saturated heterocycles. The van der Waals surface area contributed by atoms with Crippen molar-refractivity contribution < 1.29 is 14.1 Å². The van der Waals surface area contributed by atoms with Crippen LogP contribution in [0.15, 0.2) is 64.6 Å². The molecule has 3 rings (SSSR count). The molecule has 1 N–H and O–H groups in total. The molecule has 0 aliphatic carbocycles. The van der Waals surface area contributed by atoms with Crippen molar-refractivity contribution in [2.75, 3.05) is 5.32 Å². The summed E-state index contributed by atoms with van der Waals surface area (Å²) in [6.07, 6.45) is 2.06. The Morgan fingerprint density at radius 2 is 2.03 bits per heavy atom. The summed E-state index contributed by atoms with van der Waals surface area (Å²) >= 11 is 6.12. The summed E-state index contributed by atoms with van der Waals surface area (Å²) in [5.41, 5.74) is 1.80. The number of nitro groups is 1. The van der Waals surface area contributed by atoms with Crippen molar-refractivity contribution in [2.45, 2.75) is 13.3 Å². The van der Waals surface area contributed by atoms with Crippen LogP contribution in [0.4, 0.5) is 11.4 Å². The van der Waals surface area contributed by atoms with Crippen LogP contribution >= 0.6 is 11.6 Å². The van der Waals surface area contributed by atoms with Gasteiger partial charge in [-0.1, -0.05) is 36.7 Å². The van der Waals surface area contributed by atoms with Gasteiger partial charge in [0.1, 0.15) is 23.2 Å². The van der Waals surface area contributed by atoms with Crippen molar-refractivity contribution in [1.29, 1.82) is 5.26 Å². The number of hydrogen-bond acceptors (Lipinski definition) is 5. The number of anilines is 1. The van der Waals surface area contributed by atoms with Crippen molar-refractivity contribution in [3.63, 3.8) is 0 Å². The molecule has 0 unspecified atom stereocenters. The van der Waals surface area contributed by atoms with Gasteiger partial charge in [0, 0.05) is 29.5 Å². The summed E-state index contributed by atoms with van der Waals surface area (Å²) in [6, 6.07) is 16.4. The molecule has 1 aromatic heterocycles. The van der Waals surface area contributed by atoms with E-state index in [4.69, 9.17) is 16.0 Å². The lowest BCUT2D eigenvalue weighted by atomic mass is 10.1. The quantitative estimate of drug-likeness (QED) is 0.240. The fourth-order valence-corrected chi connectivity index (χ4v) is 3.09. The number of amides is 1. The zero-order valence-electron chi connectivity index (χ0n) is 15.9. The second kappa shape index (κ2) is 9.07. The second-order valence-electron chi connectivity index (χ2n) is 6.26. The molecule has 3 aromatic rings. The third-order valence-electron chi connectivity index (χ3n) is 4.35. The number of rotatable bonds is 6.